The Labute approximate surface area is 79.6 Å². The molecule has 2 nitrogen and oxygen atoms in total. The highest BCUT2D eigenvalue weighted by Crippen LogP contribution is 1.89. The van der Waals surface area contributed by atoms with Gasteiger partial charge in [-0.25, -0.2) is 4.79 Å². The second kappa shape index (κ2) is 8.78. The Bertz CT molecular complexity index is 212. The highest BCUT2D eigenvalue weighted by atomic mass is 16.5. The molecule has 0 aliphatic heterocycles. The van der Waals surface area contributed by atoms with E-state index in [4.69, 9.17) is 0 Å². The molecule has 0 N–H and O–H groups in total. The molecular formula is C11H16O2. The standard InChI is InChI=1S/C11H16O2/c1-3-4-5-6-7-8-9-10-11(12)13-2/h5-10H,3-4H2,1-2H3/b6-5+,8-7-,10-9+. The van der Waals surface area contributed by atoms with Crippen LogP contribution in [0.15, 0.2) is 36.5 Å². The number of ether oxygens (including phenoxy) is 1. The van der Waals surface area contributed by atoms with Gasteiger partial charge in [-0.3, -0.25) is 0 Å². The molecule has 0 heterocycles. The number of esters is 1. The molecule has 13 heavy (non-hydrogen) atoms. The van der Waals surface area contributed by atoms with Crippen LogP contribution in [0, 0.1) is 0 Å². The van der Waals surface area contributed by atoms with Gasteiger partial charge in [-0.05, 0) is 6.42 Å². The fourth-order valence-electron chi connectivity index (χ4n) is 0.672. The molecule has 0 aromatic heterocycles. The van der Waals surface area contributed by atoms with E-state index in [0.717, 1.165) is 12.8 Å². The quantitative estimate of drug-likeness (QED) is 0.369. The zero-order chi connectivity index (χ0) is 9.94. The van der Waals surface area contributed by atoms with Crippen molar-refractivity contribution >= 4 is 5.97 Å². The predicted molar refractivity (Wildman–Crippen MR) is 54.3 cm³/mol. The number of methoxy groups -OCH3 is 1. The van der Waals surface area contributed by atoms with E-state index >= 15 is 0 Å². The van der Waals surface area contributed by atoms with Gasteiger partial charge in [-0.15, -0.1) is 0 Å². The second-order valence-corrected chi connectivity index (χ2v) is 2.48. The van der Waals surface area contributed by atoms with Crippen LogP contribution < -0.4 is 0 Å². The molecule has 0 saturated heterocycles. The number of carbonyl (C=O) groups excluding carboxylic acids is 1. The van der Waals surface area contributed by atoms with Crippen LogP contribution in [0.25, 0.3) is 0 Å². The van der Waals surface area contributed by atoms with Crippen LogP contribution in [0.5, 0.6) is 0 Å². The average molecular weight is 180 g/mol. The topological polar surface area (TPSA) is 26.3 Å². The van der Waals surface area contributed by atoms with Crippen LogP contribution in [0.3, 0.4) is 0 Å². The van der Waals surface area contributed by atoms with Gasteiger partial charge in [0, 0.05) is 6.08 Å². The lowest BCUT2D eigenvalue weighted by Gasteiger charge is -1.85. The van der Waals surface area contributed by atoms with Crippen molar-refractivity contribution in [1.29, 1.82) is 0 Å². The Hall–Kier alpha value is -1.31. The third-order valence-electron chi connectivity index (χ3n) is 1.36. The van der Waals surface area contributed by atoms with Crippen molar-refractivity contribution in [3.8, 4) is 0 Å². The largest absolute Gasteiger partial charge is 0.466 e. The summed E-state index contributed by atoms with van der Waals surface area (Å²) in [5.74, 6) is -0.331. The van der Waals surface area contributed by atoms with Crippen LogP contribution in [0.4, 0.5) is 0 Å². The van der Waals surface area contributed by atoms with Crippen molar-refractivity contribution in [2.24, 2.45) is 0 Å². The van der Waals surface area contributed by atoms with E-state index in [2.05, 4.69) is 17.7 Å². The Balaban J connectivity index is 3.62. The number of unbranched alkanes of at least 4 members (excludes halogenated alkanes) is 1. The Morgan fingerprint density at radius 3 is 2.54 bits per heavy atom. The fourth-order valence-corrected chi connectivity index (χ4v) is 0.672. The number of rotatable bonds is 5. The van der Waals surface area contributed by atoms with Gasteiger partial charge < -0.3 is 4.74 Å². The van der Waals surface area contributed by atoms with Crippen molar-refractivity contribution < 1.29 is 9.53 Å². The zero-order valence-corrected chi connectivity index (χ0v) is 8.19. The third kappa shape index (κ3) is 8.60. The molecular weight excluding hydrogens is 164 g/mol. The number of carbonyl (C=O) groups is 1. The van der Waals surface area contributed by atoms with Gasteiger partial charge in [0.05, 0.1) is 7.11 Å². The molecule has 0 rings (SSSR count). The maximum Gasteiger partial charge on any atom is 0.330 e. The highest BCUT2D eigenvalue weighted by molar-refractivity contribution is 5.82. The maximum atomic E-state index is 10.6. The summed E-state index contributed by atoms with van der Waals surface area (Å²) in [7, 11) is 1.36. The molecule has 72 valence electrons. The predicted octanol–water partition coefficient (Wildman–Crippen LogP) is 2.63. The summed E-state index contributed by atoms with van der Waals surface area (Å²) in [4.78, 5) is 10.6. The average Bonchev–Trinajstić information content (AvgIpc) is 2.16. The first kappa shape index (κ1) is 11.7. The summed E-state index contributed by atoms with van der Waals surface area (Å²) in [5, 5.41) is 0. The van der Waals surface area contributed by atoms with Crippen molar-refractivity contribution in [3.05, 3.63) is 36.5 Å². The maximum absolute atomic E-state index is 10.6. The van der Waals surface area contributed by atoms with E-state index in [0.29, 0.717) is 0 Å². The lowest BCUT2D eigenvalue weighted by molar-refractivity contribution is -0.134. The molecule has 0 aromatic rings. The summed E-state index contributed by atoms with van der Waals surface area (Å²) in [6.07, 6.45) is 13.0. The highest BCUT2D eigenvalue weighted by Gasteiger charge is 1.85. The lowest BCUT2D eigenvalue weighted by Crippen LogP contribution is -1.92. The van der Waals surface area contributed by atoms with E-state index in [9.17, 15) is 4.79 Å². The number of hydrogen-bond donors (Lipinski definition) is 0. The van der Waals surface area contributed by atoms with E-state index < -0.39 is 0 Å². The van der Waals surface area contributed by atoms with Gasteiger partial charge in [0.2, 0.25) is 0 Å². The molecule has 0 fully saturated rings. The summed E-state index contributed by atoms with van der Waals surface area (Å²) in [6.45, 7) is 2.13. The Morgan fingerprint density at radius 2 is 1.92 bits per heavy atom. The van der Waals surface area contributed by atoms with Gasteiger partial charge in [0.25, 0.3) is 0 Å². The minimum absolute atomic E-state index is 0.331. The Morgan fingerprint density at radius 1 is 1.23 bits per heavy atom. The van der Waals surface area contributed by atoms with Crippen molar-refractivity contribution in [2.45, 2.75) is 19.8 Å². The van der Waals surface area contributed by atoms with E-state index in [1.54, 1.807) is 12.2 Å². The van der Waals surface area contributed by atoms with Crippen LogP contribution >= 0.6 is 0 Å². The number of hydrogen-bond acceptors (Lipinski definition) is 2. The van der Waals surface area contributed by atoms with Crippen LogP contribution in [-0.2, 0) is 9.53 Å². The second-order valence-electron chi connectivity index (χ2n) is 2.48. The minimum Gasteiger partial charge on any atom is -0.466 e. The van der Waals surface area contributed by atoms with Crippen molar-refractivity contribution in [3.63, 3.8) is 0 Å². The summed E-state index contributed by atoms with van der Waals surface area (Å²) in [5.41, 5.74) is 0. The van der Waals surface area contributed by atoms with Gasteiger partial charge >= 0.3 is 5.97 Å². The monoisotopic (exact) mass is 180 g/mol. The van der Waals surface area contributed by atoms with E-state index in [-0.39, 0.29) is 5.97 Å². The first-order valence-electron chi connectivity index (χ1n) is 4.39. The zero-order valence-electron chi connectivity index (χ0n) is 8.19. The molecule has 0 aromatic carbocycles. The molecule has 0 radical (unpaired) electrons. The summed E-state index contributed by atoms with van der Waals surface area (Å²) < 4.78 is 4.42. The smallest absolute Gasteiger partial charge is 0.330 e. The molecule has 0 unspecified atom stereocenters. The molecule has 0 aliphatic rings. The molecule has 0 amide bonds. The molecule has 0 bridgehead atoms. The molecule has 0 aliphatic carbocycles. The third-order valence-corrected chi connectivity index (χ3v) is 1.36. The van der Waals surface area contributed by atoms with E-state index in [1.165, 1.54) is 13.2 Å². The normalized spacial score (nSPS) is 11.8. The minimum atomic E-state index is -0.331. The van der Waals surface area contributed by atoms with Crippen molar-refractivity contribution in [1.82, 2.24) is 0 Å². The first-order valence-corrected chi connectivity index (χ1v) is 4.39. The molecule has 2 heteroatoms. The SMILES string of the molecule is CCC/C=C/C=C\C=C\C(=O)OC. The van der Waals surface area contributed by atoms with Gasteiger partial charge in [0.1, 0.15) is 0 Å². The fraction of sp³-hybridized carbons (Fsp3) is 0.364. The van der Waals surface area contributed by atoms with Crippen LogP contribution in [-0.4, -0.2) is 13.1 Å². The first-order chi connectivity index (χ1) is 6.31. The number of allylic oxidation sites excluding steroid dienone is 5. The van der Waals surface area contributed by atoms with Crippen molar-refractivity contribution in [2.75, 3.05) is 7.11 Å². The van der Waals surface area contributed by atoms with Gasteiger partial charge in [-0.1, -0.05) is 43.7 Å². The van der Waals surface area contributed by atoms with Crippen LogP contribution in [0.1, 0.15) is 19.8 Å². The molecule has 0 atom stereocenters. The molecule has 0 spiro atoms. The van der Waals surface area contributed by atoms with E-state index in [1.807, 2.05) is 12.2 Å². The van der Waals surface area contributed by atoms with Crippen LogP contribution in [0.2, 0.25) is 0 Å². The summed E-state index contributed by atoms with van der Waals surface area (Å²) >= 11 is 0. The Kier molecular flexibility index (Phi) is 7.90. The van der Waals surface area contributed by atoms with Gasteiger partial charge in [-0.2, -0.15) is 0 Å². The molecule has 0 saturated carbocycles. The van der Waals surface area contributed by atoms with Gasteiger partial charge in [0.15, 0.2) is 0 Å². The lowest BCUT2D eigenvalue weighted by atomic mass is 10.3. The summed E-state index contributed by atoms with van der Waals surface area (Å²) in [6, 6.07) is 0.